The number of aliphatic hydroxyl groups excluding tert-OH is 1. The van der Waals surface area contributed by atoms with Gasteiger partial charge in [0.05, 0.1) is 15.2 Å². The predicted octanol–water partition coefficient (Wildman–Crippen LogP) is 14.4. The Kier molecular flexibility index (Phi) is 15.7. The molecule has 3 aromatic heterocycles. The van der Waals surface area contributed by atoms with Gasteiger partial charge in [-0.3, -0.25) is 4.79 Å². The van der Waals surface area contributed by atoms with Gasteiger partial charge >= 0.3 is 6.18 Å². The Morgan fingerprint density at radius 1 is 0.887 bits per heavy atom. The van der Waals surface area contributed by atoms with Crippen molar-refractivity contribution in [1.29, 1.82) is 0 Å². The molecule has 0 saturated carbocycles. The molecule has 3 heterocycles. The monoisotopic (exact) mass is 941 g/mol. The van der Waals surface area contributed by atoms with E-state index in [4.69, 9.17) is 0 Å². The number of carbonyl (C=O) groups excluding carboxylic acids is 1. The van der Waals surface area contributed by atoms with Crippen LogP contribution in [-0.2, 0) is 31.3 Å². The van der Waals surface area contributed by atoms with Crippen LogP contribution < -0.4 is 0 Å². The summed E-state index contributed by atoms with van der Waals surface area (Å²) in [6.45, 7) is 19.4. The van der Waals surface area contributed by atoms with Gasteiger partial charge in [-0.25, -0.2) is 0 Å². The number of pyridine rings is 1. The number of rotatable bonds is 12. The second-order valence-corrected chi connectivity index (χ2v) is 17.2. The maximum atomic E-state index is 13.3. The summed E-state index contributed by atoms with van der Waals surface area (Å²) in [5.41, 5.74) is 5.29. The van der Waals surface area contributed by atoms with Crippen LogP contribution >= 0.6 is 22.7 Å². The van der Waals surface area contributed by atoms with Crippen molar-refractivity contribution in [2.24, 2.45) is 17.3 Å². The molecule has 0 unspecified atom stereocenters. The molecule has 0 aliphatic rings. The Balaban J connectivity index is 0.000000403. The van der Waals surface area contributed by atoms with Crippen molar-refractivity contribution in [3.8, 4) is 22.4 Å². The third kappa shape index (κ3) is 10.3. The van der Waals surface area contributed by atoms with E-state index in [0.29, 0.717) is 11.5 Å². The van der Waals surface area contributed by atoms with Crippen LogP contribution in [0.25, 0.3) is 41.9 Å². The van der Waals surface area contributed by atoms with Crippen molar-refractivity contribution in [1.82, 2.24) is 4.98 Å². The largest absolute Gasteiger partial charge is 0.512 e. The Bertz CT molecular complexity index is 2010. The summed E-state index contributed by atoms with van der Waals surface area (Å²) in [7, 11) is 0. The van der Waals surface area contributed by atoms with E-state index in [0.717, 1.165) is 52.8 Å². The number of halogens is 3. The fraction of sp³-hybridized carbons (Fsp3) is 0.455. The minimum Gasteiger partial charge on any atom is -0.512 e. The van der Waals surface area contributed by atoms with Gasteiger partial charge in [-0.1, -0.05) is 91.1 Å². The summed E-state index contributed by atoms with van der Waals surface area (Å²) < 4.78 is 42.5. The Hall–Kier alpha value is -2.84. The van der Waals surface area contributed by atoms with Crippen molar-refractivity contribution in [2.45, 2.75) is 113 Å². The number of aryl methyl sites for hydroxylation is 2. The third-order valence-corrected chi connectivity index (χ3v) is 12.7. The average Bonchev–Trinajstić information content (AvgIpc) is 3.59. The zero-order valence-electron chi connectivity index (χ0n) is 32.6. The van der Waals surface area contributed by atoms with Crippen LogP contribution in [0, 0.1) is 37.2 Å². The van der Waals surface area contributed by atoms with E-state index >= 15 is 0 Å². The summed E-state index contributed by atoms with van der Waals surface area (Å²) in [5, 5.41) is 12.4. The van der Waals surface area contributed by atoms with Crippen LogP contribution in [0.3, 0.4) is 0 Å². The zero-order valence-corrected chi connectivity index (χ0v) is 36.6. The minimum absolute atomic E-state index is 0. The van der Waals surface area contributed by atoms with Gasteiger partial charge in [0.25, 0.3) is 0 Å². The van der Waals surface area contributed by atoms with Crippen molar-refractivity contribution in [3.05, 3.63) is 88.1 Å². The Morgan fingerprint density at radius 2 is 1.49 bits per heavy atom. The van der Waals surface area contributed by atoms with Gasteiger partial charge in [0.15, 0.2) is 5.78 Å². The van der Waals surface area contributed by atoms with E-state index in [-0.39, 0.29) is 49.9 Å². The molecule has 1 radical (unpaired) electrons. The summed E-state index contributed by atoms with van der Waals surface area (Å²) in [6.07, 6.45) is 2.40. The van der Waals surface area contributed by atoms with Crippen molar-refractivity contribution < 1.29 is 43.2 Å². The second-order valence-electron chi connectivity index (χ2n) is 14.7. The number of thiophene rings is 2. The van der Waals surface area contributed by atoms with Crippen molar-refractivity contribution >= 4 is 47.9 Å². The number of alkyl halides is 3. The summed E-state index contributed by atoms with van der Waals surface area (Å²) in [5.74, 6) is 0.899. The van der Waals surface area contributed by atoms with E-state index in [9.17, 15) is 23.1 Å². The molecule has 2 aromatic carbocycles. The maximum Gasteiger partial charge on any atom is 0.394 e. The summed E-state index contributed by atoms with van der Waals surface area (Å²) in [4.78, 5) is 17.7. The van der Waals surface area contributed by atoms with Gasteiger partial charge in [-0.15, -0.1) is 45.9 Å². The van der Waals surface area contributed by atoms with Crippen LogP contribution in [0.1, 0.15) is 109 Å². The van der Waals surface area contributed by atoms with Crippen LogP contribution in [-0.4, -0.2) is 22.1 Å². The van der Waals surface area contributed by atoms with Gasteiger partial charge in [0.2, 0.25) is 0 Å². The second kappa shape index (κ2) is 18.7. The summed E-state index contributed by atoms with van der Waals surface area (Å²) in [6, 6.07) is 17.2. The quantitative estimate of drug-likeness (QED) is 0.0770. The number of hydrogen-bond acceptors (Lipinski definition) is 5. The van der Waals surface area contributed by atoms with Gasteiger partial charge in [0, 0.05) is 49.1 Å². The maximum absolute atomic E-state index is 13.3. The average molecular weight is 941 g/mol. The molecular weight excluding hydrogens is 888 g/mol. The number of aromatic nitrogens is 1. The number of nitrogens with zero attached hydrogens (tertiary/aromatic N) is 1. The number of allylic oxidation sites excluding steroid dienone is 2. The topological polar surface area (TPSA) is 50.2 Å². The van der Waals surface area contributed by atoms with E-state index < -0.39 is 11.6 Å². The first-order valence-electron chi connectivity index (χ1n) is 18.4. The number of ketones is 1. The standard InChI is InChI=1S/C31H29F3NS2.C13H24O2.Ir/c1-17(2)24-13-23(15-26-28(24)27-18(3)19(4)36-29(27)37-26)25-14-22(11-12-35-25)21-9-7-20(8-10-21)16-30(5,6)31(32,33)34;1-5-10(6-2)12(14)9-13(15)11(7-3)8-4;/h7-14,17H,16H2,1-6H3;9-11,14H,5-8H2,1-4H3;/q-1;;/b;12-9-;. The molecule has 0 aliphatic carbocycles. The smallest absolute Gasteiger partial charge is 0.394 e. The summed E-state index contributed by atoms with van der Waals surface area (Å²) >= 11 is 3.65. The van der Waals surface area contributed by atoms with Crippen LogP contribution in [0.2, 0.25) is 0 Å². The molecule has 0 saturated heterocycles. The molecule has 0 amide bonds. The first-order valence-corrected chi connectivity index (χ1v) is 20.0. The molecule has 5 aromatic rings. The van der Waals surface area contributed by atoms with Gasteiger partial charge in [-0.2, -0.15) is 13.2 Å². The fourth-order valence-electron chi connectivity index (χ4n) is 6.52. The van der Waals surface area contributed by atoms with Gasteiger partial charge in [-0.05, 0) is 96.0 Å². The predicted molar refractivity (Wildman–Crippen MR) is 216 cm³/mol. The SMILES string of the molecule is CCC(CC)C(=O)/C=C(\O)C(CC)CC.Cc1sc2sc3[c-]c(-c4cc(-c5ccc(CC(C)(C)C(F)(F)F)cc5)ccn4)cc(C(C)C)c3c2c1C.[Ir]. The molecule has 289 valence electrons. The molecular formula is C44H53F3IrNO2S2-. The molecule has 0 atom stereocenters. The van der Waals surface area contributed by atoms with Crippen LogP contribution in [0.5, 0.6) is 0 Å². The molecule has 5 rings (SSSR count). The number of hydrogen-bond donors (Lipinski definition) is 1. The van der Waals surface area contributed by atoms with E-state index in [1.54, 1.807) is 29.7 Å². The zero-order chi connectivity index (χ0) is 38.5. The van der Waals surface area contributed by atoms with Gasteiger partial charge in [0.1, 0.15) is 0 Å². The number of carbonyl (C=O) groups is 1. The fourth-order valence-corrected chi connectivity index (χ4v) is 9.23. The molecule has 9 heteroatoms. The van der Waals surface area contributed by atoms with Crippen LogP contribution in [0.4, 0.5) is 13.2 Å². The Labute approximate surface area is 335 Å². The van der Waals surface area contributed by atoms with E-state index in [2.05, 4.69) is 44.8 Å². The minimum atomic E-state index is -4.24. The molecule has 0 aliphatic heterocycles. The van der Waals surface area contributed by atoms with E-state index in [1.165, 1.54) is 50.7 Å². The number of aliphatic hydroxyl groups is 1. The number of benzene rings is 2. The molecule has 1 N–H and O–H groups in total. The number of fused-ring (bicyclic) bond motifs is 3. The van der Waals surface area contributed by atoms with E-state index in [1.807, 2.05) is 63.3 Å². The molecule has 0 spiro atoms. The first-order chi connectivity index (χ1) is 24.5. The normalized spacial score (nSPS) is 12.5. The van der Waals surface area contributed by atoms with Crippen molar-refractivity contribution in [2.75, 3.05) is 0 Å². The Morgan fingerprint density at radius 3 is 2.04 bits per heavy atom. The molecule has 0 bridgehead atoms. The van der Waals surface area contributed by atoms with Crippen molar-refractivity contribution in [3.63, 3.8) is 0 Å². The molecule has 53 heavy (non-hydrogen) atoms. The van der Waals surface area contributed by atoms with Crippen LogP contribution in [0.15, 0.2) is 60.5 Å². The molecule has 0 fully saturated rings. The third-order valence-electron chi connectivity index (χ3n) is 10.3. The molecule has 3 nitrogen and oxygen atoms in total. The van der Waals surface area contributed by atoms with Gasteiger partial charge < -0.3 is 10.1 Å². The first kappa shape index (κ1) is 44.6.